The van der Waals surface area contributed by atoms with Crippen molar-refractivity contribution < 1.29 is 18.7 Å². The number of carbonyl (C=O) groups excluding carboxylic acids is 2. The van der Waals surface area contributed by atoms with Crippen molar-refractivity contribution in [2.75, 3.05) is 18.6 Å². The van der Waals surface area contributed by atoms with Crippen LogP contribution in [0.25, 0.3) is 0 Å². The number of amides is 2. The van der Waals surface area contributed by atoms with Crippen LogP contribution in [0, 0.1) is 5.82 Å². The van der Waals surface area contributed by atoms with E-state index in [-0.39, 0.29) is 30.8 Å². The molecule has 0 unspecified atom stereocenters. The predicted molar refractivity (Wildman–Crippen MR) is 82.9 cm³/mol. The molecule has 0 saturated carbocycles. The van der Waals surface area contributed by atoms with Crippen molar-refractivity contribution in [2.24, 2.45) is 0 Å². The lowest BCUT2D eigenvalue weighted by molar-refractivity contribution is -0.121. The van der Waals surface area contributed by atoms with Crippen LogP contribution in [0.3, 0.4) is 0 Å². The molecule has 1 aliphatic rings. The van der Waals surface area contributed by atoms with Crippen molar-refractivity contribution in [3.8, 4) is 5.75 Å². The van der Waals surface area contributed by atoms with Gasteiger partial charge in [-0.3, -0.25) is 9.59 Å². The lowest BCUT2D eigenvalue weighted by Gasteiger charge is -2.27. The average Bonchev–Trinajstić information content (AvgIpc) is 2.57. The van der Waals surface area contributed by atoms with Crippen molar-refractivity contribution in [1.82, 2.24) is 5.32 Å². The summed E-state index contributed by atoms with van der Waals surface area (Å²) in [6.45, 7) is -0.0367. The largest absolute Gasteiger partial charge is 0.481 e. The minimum absolute atomic E-state index is 0.0734. The van der Waals surface area contributed by atoms with E-state index in [0.29, 0.717) is 22.6 Å². The summed E-state index contributed by atoms with van der Waals surface area (Å²) in [6, 6.07) is 11.2. The Morgan fingerprint density at radius 2 is 2.04 bits per heavy atom. The Morgan fingerprint density at radius 1 is 1.26 bits per heavy atom. The first-order chi connectivity index (χ1) is 11.1. The second-order valence-corrected chi connectivity index (χ2v) is 5.17. The van der Waals surface area contributed by atoms with Crippen LogP contribution in [-0.4, -0.2) is 25.5 Å². The van der Waals surface area contributed by atoms with Crippen LogP contribution >= 0.6 is 0 Å². The number of fused-ring (bicyclic) bond motifs is 1. The highest BCUT2D eigenvalue weighted by Crippen LogP contribution is 2.34. The number of hydrogen-bond acceptors (Lipinski definition) is 3. The van der Waals surface area contributed by atoms with E-state index in [1.807, 2.05) is 0 Å². The number of para-hydroxylation sites is 1. The summed E-state index contributed by atoms with van der Waals surface area (Å²) < 4.78 is 19.0. The number of hydrogen-bond donors (Lipinski definition) is 1. The molecule has 0 atom stereocenters. The van der Waals surface area contributed by atoms with E-state index in [9.17, 15) is 14.0 Å². The molecule has 0 saturated heterocycles. The van der Waals surface area contributed by atoms with E-state index in [4.69, 9.17) is 4.74 Å². The van der Waals surface area contributed by atoms with Gasteiger partial charge in [-0.2, -0.15) is 0 Å². The monoisotopic (exact) mass is 314 g/mol. The molecular weight excluding hydrogens is 299 g/mol. The molecule has 5 nitrogen and oxygen atoms in total. The Labute approximate surface area is 132 Å². The summed E-state index contributed by atoms with van der Waals surface area (Å²) in [5, 5.41) is 2.67. The molecule has 2 aromatic rings. The highest BCUT2D eigenvalue weighted by Gasteiger charge is 2.26. The molecule has 3 rings (SSSR count). The molecule has 6 heteroatoms. The zero-order valence-electron chi connectivity index (χ0n) is 12.5. The van der Waals surface area contributed by atoms with E-state index in [1.54, 1.807) is 43.4 Å². The minimum Gasteiger partial charge on any atom is -0.481 e. The van der Waals surface area contributed by atoms with E-state index >= 15 is 0 Å². The Bertz CT molecular complexity index is 776. The first-order valence-corrected chi connectivity index (χ1v) is 7.12. The molecule has 1 aliphatic heterocycles. The summed E-state index contributed by atoms with van der Waals surface area (Å²) >= 11 is 0. The number of anilines is 1. The minimum atomic E-state index is -0.382. The summed E-state index contributed by atoms with van der Waals surface area (Å²) in [6.07, 6.45) is 0. The number of halogens is 1. The number of rotatable bonds is 3. The number of nitrogens with zero attached hydrogens (tertiary/aromatic N) is 1. The highest BCUT2D eigenvalue weighted by atomic mass is 19.1. The quantitative estimate of drug-likeness (QED) is 0.944. The van der Waals surface area contributed by atoms with Gasteiger partial charge in [0.25, 0.3) is 11.8 Å². The lowest BCUT2D eigenvalue weighted by atomic mass is 10.1. The van der Waals surface area contributed by atoms with Gasteiger partial charge in [-0.1, -0.05) is 24.3 Å². The van der Waals surface area contributed by atoms with Gasteiger partial charge in [0.15, 0.2) is 12.4 Å². The fourth-order valence-electron chi connectivity index (χ4n) is 2.40. The van der Waals surface area contributed by atoms with E-state index in [0.717, 1.165) is 0 Å². The molecule has 0 aromatic heterocycles. The Hall–Kier alpha value is -2.89. The first-order valence-electron chi connectivity index (χ1n) is 7.12. The number of benzene rings is 2. The second kappa shape index (κ2) is 6.08. The van der Waals surface area contributed by atoms with Crippen LogP contribution in [0.15, 0.2) is 42.5 Å². The van der Waals surface area contributed by atoms with E-state index in [2.05, 4.69) is 5.32 Å². The number of likely N-dealkylation sites (N-methyl/N-ethyl adjacent to an activating group) is 1. The fourth-order valence-corrected chi connectivity index (χ4v) is 2.40. The third kappa shape index (κ3) is 2.88. The van der Waals surface area contributed by atoms with Crippen molar-refractivity contribution in [3.63, 3.8) is 0 Å². The number of nitrogens with one attached hydrogen (secondary N) is 1. The van der Waals surface area contributed by atoms with Crippen LogP contribution in [-0.2, 0) is 11.3 Å². The molecule has 118 valence electrons. The molecule has 2 aromatic carbocycles. The third-order valence-corrected chi connectivity index (χ3v) is 3.71. The zero-order valence-corrected chi connectivity index (χ0v) is 12.5. The first kappa shape index (κ1) is 15.0. The summed E-state index contributed by atoms with van der Waals surface area (Å²) in [4.78, 5) is 25.5. The third-order valence-electron chi connectivity index (χ3n) is 3.71. The lowest BCUT2D eigenvalue weighted by Crippen LogP contribution is -2.36. The SMILES string of the molecule is CN1C(=O)COc2c(C(=O)NCc3ccccc3F)cccc21. The van der Waals surface area contributed by atoms with Gasteiger partial charge in [-0.15, -0.1) is 0 Å². The number of ether oxygens (including phenoxy) is 1. The molecule has 2 amide bonds. The Kier molecular flexibility index (Phi) is 3.97. The topological polar surface area (TPSA) is 58.6 Å². The van der Waals surface area contributed by atoms with Crippen molar-refractivity contribution >= 4 is 17.5 Å². The smallest absolute Gasteiger partial charge is 0.264 e. The molecule has 1 heterocycles. The zero-order chi connectivity index (χ0) is 16.4. The van der Waals surface area contributed by atoms with Gasteiger partial charge in [0.1, 0.15) is 5.82 Å². The molecule has 0 fully saturated rings. The van der Waals surface area contributed by atoms with Gasteiger partial charge in [0.2, 0.25) is 0 Å². The molecule has 0 bridgehead atoms. The fraction of sp³-hybridized carbons (Fsp3) is 0.176. The normalized spacial score (nSPS) is 13.3. The van der Waals surface area contributed by atoms with Gasteiger partial charge in [-0.05, 0) is 18.2 Å². The van der Waals surface area contributed by atoms with E-state index in [1.165, 1.54) is 11.0 Å². The van der Waals surface area contributed by atoms with Gasteiger partial charge >= 0.3 is 0 Å². The van der Waals surface area contributed by atoms with Gasteiger partial charge in [-0.25, -0.2) is 4.39 Å². The molecular formula is C17H15FN2O3. The Balaban J connectivity index is 1.81. The molecule has 0 spiro atoms. The predicted octanol–water partition coefficient (Wildman–Crippen LogP) is 2.11. The molecule has 1 N–H and O–H groups in total. The average molecular weight is 314 g/mol. The van der Waals surface area contributed by atoms with Crippen LogP contribution in [0.4, 0.5) is 10.1 Å². The van der Waals surface area contributed by atoms with Gasteiger partial charge < -0.3 is 15.0 Å². The van der Waals surface area contributed by atoms with Crippen LogP contribution in [0.1, 0.15) is 15.9 Å². The van der Waals surface area contributed by atoms with Crippen LogP contribution < -0.4 is 15.0 Å². The van der Waals surface area contributed by atoms with E-state index < -0.39 is 0 Å². The summed E-state index contributed by atoms with van der Waals surface area (Å²) in [7, 11) is 1.63. The van der Waals surface area contributed by atoms with Crippen LogP contribution in [0.2, 0.25) is 0 Å². The standard InChI is InChI=1S/C17H15FN2O3/c1-20-14-8-4-6-12(16(14)23-10-15(20)21)17(22)19-9-11-5-2-3-7-13(11)18/h2-8H,9-10H2,1H3,(H,19,22). The van der Waals surface area contributed by atoms with Crippen molar-refractivity contribution in [1.29, 1.82) is 0 Å². The van der Waals surface area contributed by atoms with Crippen molar-refractivity contribution in [3.05, 3.63) is 59.4 Å². The maximum absolute atomic E-state index is 13.6. The maximum Gasteiger partial charge on any atom is 0.264 e. The number of carbonyl (C=O) groups is 2. The maximum atomic E-state index is 13.6. The van der Waals surface area contributed by atoms with Gasteiger partial charge in [0, 0.05) is 19.2 Å². The Morgan fingerprint density at radius 3 is 2.83 bits per heavy atom. The van der Waals surface area contributed by atoms with Crippen LogP contribution in [0.5, 0.6) is 5.75 Å². The summed E-state index contributed by atoms with van der Waals surface area (Å²) in [5.41, 5.74) is 1.26. The second-order valence-electron chi connectivity index (χ2n) is 5.17. The summed E-state index contributed by atoms with van der Waals surface area (Å²) in [5.74, 6) is -0.570. The highest BCUT2D eigenvalue weighted by molar-refractivity contribution is 6.03. The molecule has 0 aliphatic carbocycles. The van der Waals surface area contributed by atoms with Crippen molar-refractivity contribution in [2.45, 2.75) is 6.54 Å². The molecule has 0 radical (unpaired) electrons. The van der Waals surface area contributed by atoms with Gasteiger partial charge in [0.05, 0.1) is 11.3 Å². The molecule has 23 heavy (non-hydrogen) atoms.